The molecular weight excluding hydrogens is 416 g/mol. The van der Waals surface area contributed by atoms with Gasteiger partial charge in [-0.2, -0.15) is 11.8 Å². The summed E-state index contributed by atoms with van der Waals surface area (Å²) in [5, 5.41) is 2.76. The van der Waals surface area contributed by atoms with Gasteiger partial charge in [0.25, 0.3) is 0 Å². The van der Waals surface area contributed by atoms with Crippen LogP contribution >= 0.6 is 23.5 Å². The first-order valence-electron chi connectivity index (χ1n) is 9.75. The molecule has 0 heterocycles. The van der Waals surface area contributed by atoms with E-state index < -0.39 is 17.9 Å². The Labute approximate surface area is 186 Å². The molecular formula is C23H28N2O3S2. The highest BCUT2D eigenvalue weighted by atomic mass is 32.2. The molecule has 0 aliphatic rings. The Morgan fingerprint density at radius 2 is 1.63 bits per heavy atom. The van der Waals surface area contributed by atoms with Crippen LogP contribution < -0.4 is 11.1 Å². The van der Waals surface area contributed by atoms with E-state index in [0.717, 1.165) is 28.6 Å². The Bertz CT molecular complexity index is 841. The number of hydrogen-bond donors (Lipinski definition) is 2. The number of carbonyl (C=O) groups excluding carboxylic acids is 3. The number of nitrogens with two attached hydrogens (primary N) is 1. The van der Waals surface area contributed by atoms with Crippen LogP contribution in [0.3, 0.4) is 0 Å². The van der Waals surface area contributed by atoms with Gasteiger partial charge in [0.15, 0.2) is 5.12 Å². The summed E-state index contributed by atoms with van der Waals surface area (Å²) in [6.45, 7) is 3.52. The van der Waals surface area contributed by atoms with E-state index in [9.17, 15) is 14.4 Å². The highest BCUT2D eigenvalue weighted by Crippen LogP contribution is 2.18. The third-order valence-corrected chi connectivity index (χ3v) is 6.60. The smallest absolute Gasteiger partial charge is 0.240 e. The molecule has 0 fully saturated rings. The molecule has 7 heteroatoms. The molecule has 3 N–H and O–H groups in total. The van der Waals surface area contributed by atoms with Crippen molar-refractivity contribution in [1.82, 2.24) is 5.32 Å². The van der Waals surface area contributed by atoms with Crippen LogP contribution in [-0.2, 0) is 26.6 Å². The molecule has 2 aromatic carbocycles. The quantitative estimate of drug-likeness (QED) is 0.555. The fourth-order valence-corrected chi connectivity index (χ4v) is 4.54. The lowest BCUT2D eigenvalue weighted by atomic mass is 10.00. The minimum absolute atomic E-state index is 0.0408. The van der Waals surface area contributed by atoms with Gasteiger partial charge in [-0.05, 0) is 24.5 Å². The van der Waals surface area contributed by atoms with Crippen LogP contribution in [0, 0.1) is 12.8 Å². The predicted molar refractivity (Wildman–Crippen MR) is 125 cm³/mol. The largest absolute Gasteiger partial charge is 0.368 e. The van der Waals surface area contributed by atoms with E-state index >= 15 is 0 Å². The van der Waals surface area contributed by atoms with Crippen molar-refractivity contribution in [1.29, 1.82) is 0 Å². The summed E-state index contributed by atoms with van der Waals surface area (Å²) < 4.78 is 0. The number of thioether (sulfide) groups is 2. The highest BCUT2D eigenvalue weighted by molar-refractivity contribution is 8.13. The zero-order valence-corrected chi connectivity index (χ0v) is 18.9. The number of amides is 2. The first-order chi connectivity index (χ1) is 14.3. The van der Waals surface area contributed by atoms with Gasteiger partial charge in [0.05, 0.1) is 5.92 Å². The van der Waals surface area contributed by atoms with E-state index in [1.54, 1.807) is 11.8 Å². The monoisotopic (exact) mass is 444 g/mol. The van der Waals surface area contributed by atoms with Crippen LogP contribution in [0.5, 0.6) is 0 Å². The molecule has 5 nitrogen and oxygen atoms in total. The van der Waals surface area contributed by atoms with Crippen molar-refractivity contribution in [2.75, 3.05) is 11.5 Å². The Balaban J connectivity index is 1.96. The van der Waals surface area contributed by atoms with Gasteiger partial charge in [-0.25, -0.2) is 0 Å². The van der Waals surface area contributed by atoms with Crippen LogP contribution in [0.25, 0.3) is 0 Å². The minimum atomic E-state index is -0.756. The van der Waals surface area contributed by atoms with Gasteiger partial charge in [-0.15, -0.1) is 0 Å². The number of carbonyl (C=O) groups is 3. The second kappa shape index (κ2) is 12.4. The molecule has 0 aliphatic carbocycles. The molecule has 0 bridgehead atoms. The van der Waals surface area contributed by atoms with Crippen molar-refractivity contribution in [2.45, 2.75) is 32.1 Å². The van der Waals surface area contributed by atoms with E-state index in [4.69, 9.17) is 5.73 Å². The Hall–Kier alpha value is -2.25. The molecule has 1 unspecified atom stereocenters. The molecule has 2 amide bonds. The van der Waals surface area contributed by atoms with Crippen LogP contribution in [0.15, 0.2) is 54.6 Å². The molecule has 0 radical (unpaired) electrons. The van der Waals surface area contributed by atoms with E-state index in [0.29, 0.717) is 17.9 Å². The van der Waals surface area contributed by atoms with Crippen LogP contribution in [0.1, 0.15) is 23.6 Å². The first kappa shape index (κ1) is 24.0. The van der Waals surface area contributed by atoms with Crippen molar-refractivity contribution in [3.05, 3.63) is 71.3 Å². The van der Waals surface area contributed by atoms with Crippen molar-refractivity contribution in [2.24, 2.45) is 11.7 Å². The van der Waals surface area contributed by atoms with E-state index in [2.05, 4.69) is 17.4 Å². The summed E-state index contributed by atoms with van der Waals surface area (Å²) in [5.74, 6) is 0.244. The Kier molecular flexibility index (Phi) is 9.97. The average molecular weight is 445 g/mol. The molecule has 0 saturated carbocycles. The van der Waals surface area contributed by atoms with E-state index in [1.165, 1.54) is 12.5 Å². The standard InChI is InChI=1S/C23H28N2O3S2/c1-16-8-10-19(11-9-16)13-29-15-21(22(24)27)25-23(28)20(14-30-17(2)26)12-18-6-4-3-5-7-18/h3-11,20-21H,12-15H2,1-2H3,(H2,24,27)(H,25,28)/t20?,21-/m0/s1. The second-order valence-corrected chi connectivity index (χ2v) is 9.38. The lowest BCUT2D eigenvalue weighted by molar-refractivity contribution is -0.129. The SMILES string of the molecule is CC(=O)SCC(Cc1ccccc1)C(=O)N[C@@H](CSCc1ccc(C)cc1)C(N)=O. The zero-order valence-electron chi connectivity index (χ0n) is 17.3. The predicted octanol–water partition coefficient (Wildman–Crippen LogP) is 3.34. The van der Waals surface area contributed by atoms with Gasteiger partial charge in [0, 0.05) is 24.2 Å². The molecule has 30 heavy (non-hydrogen) atoms. The second-order valence-electron chi connectivity index (χ2n) is 7.15. The number of rotatable bonds is 11. The van der Waals surface area contributed by atoms with Crippen molar-refractivity contribution < 1.29 is 14.4 Å². The number of benzene rings is 2. The van der Waals surface area contributed by atoms with Gasteiger partial charge in [0.2, 0.25) is 11.8 Å². The van der Waals surface area contributed by atoms with Crippen molar-refractivity contribution >= 4 is 40.5 Å². The first-order valence-corrected chi connectivity index (χ1v) is 11.9. The van der Waals surface area contributed by atoms with Gasteiger partial charge < -0.3 is 11.1 Å². The maximum absolute atomic E-state index is 12.9. The van der Waals surface area contributed by atoms with Crippen molar-refractivity contribution in [3.8, 4) is 0 Å². The normalized spacial score (nSPS) is 12.7. The molecule has 0 aliphatic heterocycles. The maximum atomic E-state index is 12.9. The minimum Gasteiger partial charge on any atom is -0.368 e. The Morgan fingerprint density at radius 3 is 2.23 bits per heavy atom. The number of aryl methyl sites for hydroxylation is 1. The molecule has 2 aromatic rings. The number of nitrogens with one attached hydrogen (secondary N) is 1. The lowest BCUT2D eigenvalue weighted by Gasteiger charge is -2.20. The molecule has 0 saturated heterocycles. The third kappa shape index (κ3) is 8.63. The molecule has 0 spiro atoms. The lowest BCUT2D eigenvalue weighted by Crippen LogP contribution is -2.48. The fraction of sp³-hybridized carbons (Fsp3) is 0.348. The van der Waals surface area contributed by atoms with Crippen LogP contribution in [0.2, 0.25) is 0 Å². The van der Waals surface area contributed by atoms with Crippen LogP contribution in [-0.4, -0.2) is 34.5 Å². The molecule has 160 valence electrons. The van der Waals surface area contributed by atoms with Gasteiger partial charge in [-0.3, -0.25) is 14.4 Å². The van der Waals surface area contributed by atoms with Crippen LogP contribution in [0.4, 0.5) is 0 Å². The summed E-state index contributed by atoms with van der Waals surface area (Å²) >= 11 is 2.67. The zero-order chi connectivity index (χ0) is 21.9. The van der Waals surface area contributed by atoms with Gasteiger partial charge in [-0.1, -0.05) is 71.9 Å². The maximum Gasteiger partial charge on any atom is 0.240 e. The summed E-state index contributed by atoms with van der Waals surface area (Å²) in [4.78, 5) is 36.2. The van der Waals surface area contributed by atoms with Gasteiger partial charge >= 0.3 is 0 Å². The van der Waals surface area contributed by atoms with E-state index in [1.807, 2.05) is 49.4 Å². The van der Waals surface area contributed by atoms with E-state index in [-0.39, 0.29) is 11.0 Å². The fourth-order valence-electron chi connectivity index (χ4n) is 2.81. The molecule has 2 rings (SSSR count). The summed E-state index contributed by atoms with van der Waals surface area (Å²) in [6.07, 6.45) is 0.495. The molecule has 2 atom stereocenters. The topological polar surface area (TPSA) is 89.3 Å². The number of hydrogen-bond acceptors (Lipinski definition) is 5. The third-order valence-electron chi connectivity index (χ3n) is 4.52. The van der Waals surface area contributed by atoms with Crippen molar-refractivity contribution in [3.63, 3.8) is 0 Å². The highest BCUT2D eigenvalue weighted by Gasteiger charge is 2.25. The number of primary amides is 1. The summed E-state index contributed by atoms with van der Waals surface area (Å²) in [7, 11) is 0. The molecule has 0 aromatic heterocycles. The van der Waals surface area contributed by atoms with Gasteiger partial charge in [0.1, 0.15) is 6.04 Å². The summed E-state index contributed by atoms with van der Waals surface area (Å²) in [6, 6.07) is 17.1. The average Bonchev–Trinajstić information content (AvgIpc) is 2.72. The summed E-state index contributed by atoms with van der Waals surface area (Å²) in [5.41, 5.74) is 8.88. The Morgan fingerprint density at radius 1 is 0.967 bits per heavy atom.